The van der Waals surface area contributed by atoms with Gasteiger partial charge in [-0.15, -0.1) is 0 Å². The Labute approximate surface area is 130 Å². The molecular formula is C17H19N3O2. The Morgan fingerprint density at radius 2 is 2.18 bits per heavy atom. The highest BCUT2D eigenvalue weighted by molar-refractivity contribution is 5.44. The molecule has 0 bridgehead atoms. The van der Waals surface area contributed by atoms with Crippen molar-refractivity contribution in [2.75, 3.05) is 13.7 Å². The summed E-state index contributed by atoms with van der Waals surface area (Å²) in [5.41, 5.74) is 1.87. The second-order valence-corrected chi connectivity index (χ2v) is 4.65. The second kappa shape index (κ2) is 8.01. The molecule has 0 spiro atoms. The van der Waals surface area contributed by atoms with Crippen molar-refractivity contribution in [3.63, 3.8) is 0 Å². The first-order valence-corrected chi connectivity index (χ1v) is 7.11. The number of nitrogens with zero attached hydrogens (tertiary/aromatic N) is 2. The van der Waals surface area contributed by atoms with Gasteiger partial charge in [0.05, 0.1) is 19.8 Å². The van der Waals surface area contributed by atoms with Crippen LogP contribution in [0.2, 0.25) is 0 Å². The van der Waals surface area contributed by atoms with Crippen LogP contribution >= 0.6 is 0 Å². The van der Waals surface area contributed by atoms with Gasteiger partial charge in [0.2, 0.25) is 0 Å². The van der Waals surface area contributed by atoms with Crippen LogP contribution in [0.4, 0.5) is 0 Å². The van der Waals surface area contributed by atoms with Gasteiger partial charge in [-0.2, -0.15) is 5.26 Å². The van der Waals surface area contributed by atoms with Crippen molar-refractivity contribution in [1.29, 1.82) is 5.26 Å². The van der Waals surface area contributed by atoms with E-state index in [4.69, 9.17) is 9.47 Å². The molecule has 1 atom stereocenters. The van der Waals surface area contributed by atoms with Gasteiger partial charge in [0.25, 0.3) is 0 Å². The Morgan fingerprint density at radius 1 is 1.32 bits per heavy atom. The van der Waals surface area contributed by atoms with Crippen molar-refractivity contribution in [2.45, 2.75) is 19.5 Å². The Balaban J connectivity index is 2.12. The summed E-state index contributed by atoms with van der Waals surface area (Å²) in [5, 5.41) is 12.6. The molecule has 1 heterocycles. The number of hydrogen-bond donors (Lipinski definition) is 1. The van der Waals surface area contributed by atoms with E-state index in [0.717, 1.165) is 11.1 Å². The number of ether oxygens (including phenoxy) is 2. The average molecular weight is 297 g/mol. The van der Waals surface area contributed by atoms with E-state index in [1.807, 2.05) is 37.3 Å². The van der Waals surface area contributed by atoms with Gasteiger partial charge in [0, 0.05) is 18.9 Å². The van der Waals surface area contributed by atoms with Crippen LogP contribution in [0.5, 0.6) is 11.5 Å². The summed E-state index contributed by atoms with van der Waals surface area (Å²) in [5.74, 6) is 1.31. The second-order valence-electron chi connectivity index (χ2n) is 4.65. The van der Waals surface area contributed by atoms with Crippen LogP contribution in [-0.2, 0) is 6.54 Å². The maximum absolute atomic E-state index is 9.39. The largest absolute Gasteiger partial charge is 0.493 e. The summed E-state index contributed by atoms with van der Waals surface area (Å²) in [7, 11) is 1.59. The third-order valence-electron chi connectivity index (χ3n) is 3.18. The van der Waals surface area contributed by atoms with Gasteiger partial charge in [0.15, 0.2) is 11.5 Å². The lowest BCUT2D eigenvalue weighted by Gasteiger charge is -2.15. The summed E-state index contributed by atoms with van der Waals surface area (Å²) in [4.78, 5) is 4.06. The fourth-order valence-corrected chi connectivity index (χ4v) is 2.10. The predicted octanol–water partition coefficient (Wildman–Crippen LogP) is 2.84. The summed E-state index contributed by atoms with van der Waals surface area (Å²) in [6, 6.07) is 11.2. The van der Waals surface area contributed by atoms with Crippen molar-refractivity contribution in [3.8, 4) is 17.6 Å². The van der Waals surface area contributed by atoms with Gasteiger partial charge < -0.3 is 9.47 Å². The van der Waals surface area contributed by atoms with Crippen LogP contribution in [0.25, 0.3) is 0 Å². The fourth-order valence-electron chi connectivity index (χ4n) is 2.10. The van der Waals surface area contributed by atoms with Crippen molar-refractivity contribution < 1.29 is 9.47 Å². The van der Waals surface area contributed by atoms with Crippen LogP contribution in [0, 0.1) is 11.3 Å². The quantitative estimate of drug-likeness (QED) is 0.851. The van der Waals surface area contributed by atoms with Gasteiger partial charge in [-0.25, -0.2) is 0 Å². The average Bonchev–Trinajstić information content (AvgIpc) is 2.57. The molecule has 114 valence electrons. The lowest BCUT2D eigenvalue weighted by atomic mass is 10.1. The van der Waals surface area contributed by atoms with E-state index in [1.54, 1.807) is 19.5 Å². The number of benzene rings is 1. The number of nitriles is 1. The number of rotatable bonds is 7. The zero-order valence-electron chi connectivity index (χ0n) is 12.7. The third kappa shape index (κ3) is 3.96. The molecule has 0 aliphatic heterocycles. The van der Waals surface area contributed by atoms with Crippen molar-refractivity contribution in [1.82, 2.24) is 10.3 Å². The van der Waals surface area contributed by atoms with Crippen LogP contribution in [0.15, 0.2) is 42.7 Å². The van der Waals surface area contributed by atoms with Crippen molar-refractivity contribution >= 4 is 0 Å². The minimum Gasteiger partial charge on any atom is -0.493 e. The Kier molecular flexibility index (Phi) is 5.75. The van der Waals surface area contributed by atoms with Crippen molar-refractivity contribution in [3.05, 3.63) is 53.9 Å². The minimum absolute atomic E-state index is 0.426. The first-order valence-electron chi connectivity index (χ1n) is 7.11. The van der Waals surface area contributed by atoms with Gasteiger partial charge in [-0.05, 0) is 36.2 Å². The molecule has 0 saturated carbocycles. The van der Waals surface area contributed by atoms with Gasteiger partial charge in [-0.1, -0.05) is 12.1 Å². The Bertz CT molecular complexity index is 638. The molecule has 1 N–H and O–H groups in total. The summed E-state index contributed by atoms with van der Waals surface area (Å²) >= 11 is 0. The molecule has 0 radical (unpaired) electrons. The van der Waals surface area contributed by atoms with E-state index in [9.17, 15) is 5.26 Å². The Hall–Kier alpha value is -2.58. The molecule has 0 amide bonds. The van der Waals surface area contributed by atoms with E-state index in [-0.39, 0.29) is 0 Å². The molecule has 1 aromatic carbocycles. The first kappa shape index (κ1) is 15.8. The SMILES string of the molecule is CCOc1ccc(C(C#N)NCc2cccnc2)cc1OC. The maximum atomic E-state index is 9.39. The molecule has 0 aliphatic carbocycles. The van der Waals surface area contributed by atoms with Crippen LogP contribution in [-0.4, -0.2) is 18.7 Å². The monoisotopic (exact) mass is 297 g/mol. The van der Waals surface area contributed by atoms with Crippen molar-refractivity contribution in [2.24, 2.45) is 0 Å². The highest BCUT2D eigenvalue weighted by Gasteiger charge is 2.13. The highest BCUT2D eigenvalue weighted by atomic mass is 16.5. The molecule has 1 unspecified atom stereocenters. The zero-order valence-corrected chi connectivity index (χ0v) is 12.7. The van der Waals surface area contributed by atoms with Gasteiger partial charge >= 0.3 is 0 Å². The lowest BCUT2D eigenvalue weighted by molar-refractivity contribution is 0.310. The third-order valence-corrected chi connectivity index (χ3v) is 3.18. The van der Waals surface area contributed by atoms with E-state index < -0.39 is 6.04 Å². The molecule has 5 heteroatoms. The number of methoxy groups -OCH3 is 1. The van der Waals surface area contributed by atoms with E-state index in [1.165, 1.54) is 0 Å². The summed E-state index contributed by atoms with van der Waals surface area (Å²) in [6.45, 7) is 3.05. The van der Waals surface area contributed by atoms with Gasteiger partial charge in [-0.3, -0.25) is 10.3 Å². The molecule has 0 fully saturated rings. The molecule has 2 aromatic rings. The minimum atomic E-state index is -0.426. The standard InChI is InChI=1S/C17H19N3O2/c1-3-22-16-7-6-14(9-17(16)21-2)15(10-18)20-12-13-5-4-8-19-11-13/h4-9,11,15,20H,3,12H2,1-2H3. The predicted molar refractivity (Wildman–Crippen MR) is 83.6 cm³/mol. The van der Waals surface area contributed by atoms with Crippen LogP contribution < -0.4 is 14.8 Å². The molecule has 22 heavy (non-hydrogen) atoms. The number of pyridine rings is 1. The number of hydrogen-bond acceptors (Lipinski definition) is 5. The lowest BCUT2D eigenvalue weighted by Crippen LogP contribution is -2.19. The molecule has 0 aliphatic rings. The molecule has 1 aromatic heterocycles. The smallest absolute Gasteiger partial charge is 0.161 e. The fraction of sp³-hybridized carbons (Fsp3) is 0.294. The normalized spacial score (nSPS) is 11.5. The summed E-state index contributed by atoms with van der Waals surface area (Å²) in [6.07, 6.45) is 3.50. The van der Waals surface area contributed by atoms with Gasteiger partial charge in [0.1, 0.15) is 6.04 Å². The van der Waals surface area contributed by atoms with E-state index in [2.05, 4.69) is 16.4 Å². The molecular weight excluding hydrogens is 278 g/mol. The number of aromatic nitrogens is 1. The molecule has 2 rings (SSSR count). The maximum Gasteiger partial charge on any atom is 0.161 e. The molecule has 0 saturated heterocycles. The van der Waals surface area contributed by atoms with Crippen LogP contribution in [0.1, 0.15) is 24.1 Å². The van der Waals surface area contributed by atoms with E-state index in [0.29, 0.717) is 24.7 Å². The molecule has 5 nitrogen and oxygen atoms in total. The summed E-state index contributed by atoms with van der Waals surface area (Å²) < 4.78 is 10.8. The Morgan fingerprint density at radius 3 is 2.82 bits per heavy atom. The highest BCUT2D eigenvalue weighted by Crippen LogP contribution is 2.30. The first-order chi connectivity index (χ1) is 10.8. The zero-order chi connectivity index (χ0) is 15.8. The van der Waals surface area contributed by atoms with Crippen LogP contribution in [0.3, 0.4) is 0 Å². The van der Waals surface area contributed by atoms with E-state index >= 15 is 0 Å². The topological polar surface area (TPSA) is 67.2 Å². The number of nitrogens with one attached hydrogen (secondary N) is 1.